The molecule has 4 nitrogen and oxygen atoms in total. The summed E-state index contributed by atoms with van der Waals surface area (Å²) in [6, 6.07) is 16.2. The van der Waals surface area contributed by atoms with Crippen LogP contribution in [0.1, 0.15) is 85.1 Å². The first-order chi connectivity index (χ1) is 18.9. The highest BCUT2D eigenvalue weighted by molar-refractivity contribution is 6.34. The Kier molecular flexibility index (Phi) is 6.80. The summed E-state index contributed by atoms with van der Waals surface area (Å²) in [6.45, 7) is 12.1. The van der Waals surface area contributed by atoms with Crippen molar-refractivity contribution in [3.8, 4) is 0 Å². The number of Topliss-reactive ketones (excluding diaryl/α,β-unsaturated/α-hetero) is 1. The summed E-state index contributed by atoms with van der Waals surface area (Å²) in [5, 5.41) is 0.613. The normalized spacial score (nSPS) is 33.5. The van der Waals surface area contributed by atoms with E-state index in [9.17, 15) is 9.59 Å². The van der Waals surface area contributed by atoms with Crippen LogP contribution in [0, 0.1) is 34.5 Å². The van der Waals surface area contributed by atoms with E-state index in [1.54, 1.807) is 0 Å². The molecule has 2 aromatic carbocycles. The van der Waals surface area contributed by atoms with Crippen molar-refractivity contribution in [2.75, 3.05) is 11.4 Å². The Labute approximate surface area is 244 Å². The molecule has 0 saturated heterocycles. The zero-order valence-electron chi connectivity index (χ0n) is 24.7. The SMILES string of the molecule is CC(C)(C)c1ccc(N(C(=O)C2CC[C@H]3[C@@H]4CN=C5CC(=O)CC[C@]5(C)[C@@H]4CC[C@]23C)c2ccccc2)c(Cl)c1. The number of aliphatic imine (C=N–C) groups is 1. The third kappa shape index (κ3) is 4.37. The molecule has 3 saturated carbocycles. The van der Waals surface area contributed by atoms with Crippen molar-refractivity contribution in [2.24, 2.45) is 39.5 Å². The lowest BCUT2D eigenvalue weighted by molar-refractivity contribution is -0.128. The molecule has 1 amide bonds. The molecule has 6 rings (SSSR count). The maximum Gasteiger partial charge on any atom is 0.235 e. The molecule has 5 heteroatoms. The van der Waals surface area contributed by atoms with Gasteiger partial charge in [-0.15, -0.1) is 0 Å². The van der Waals surface area contributed by atoms with Crippen LogP contribution in [0.3, 0.4) is 0 Å². The van der Waals surface area contributed by atoms with Crippen LogP contribution in [0.2, 0.25) is 5.02 Å². The molecule has 3 fully saturated rings. The van der Waals surface area contributed by atoms with Crippen molar-refractivity contribution in [1.82, 2.24) is 0 Å². The summed E-state index contributed by atoms with van der Waals surface area (Å²) in [6.07, 6.45) is 6.28. The molecule has 1 unspecified atom stereocenters. The second kappa shape index (κ2) is 9.82. The van der Waals surface area contributed by atoms with Gasteiger partial charge in [-0.1, -0.05) is 70.5 Å². The van der Waals surface area contributed by atoms with Gasteiger partial charge in [-0.05, 0) is 90.5 Å². The highest BCUT2D eigenvalue weighted by Crippen LogP contribution is 2.64. The van der Waals surface area contributed by atoms with Gasteiger partial charge in [0, 0.05) is 42.1 Å². The zero-order chi connectivity index (χ0) is 28.4. The van der Waals surface area contributed by atoms with Crippen LogP contribution >= 0.6 is 11.6 Å². The van der Waals surface area contributed by atoms with Crippen LogP contribution in [-0.2, 0) is 15.0 Å². The molecule has 0 bridgehead atoms. The third-order valence-electron chi connectivity index (χ3n) is 11.3. The fourth-order valence-corrected chi connectivity index (χ4v) is 9.15. The van der Waals surface area contributed by atoms with Crippen molar-refractivity contribution in [3.63, 3.8) is 0 Å². The number of carbonyl (C=O) groups is 2. The smallest absolute Gasteiger partial charge is 0.235 e. The summed E-state index contributed by atoms with van der Waals surface area (Å²) in [4.78, 5) is 33.9. The number of fused-ring (bicyclic) bond motifs is 5. The van der Waals surface area contributed by atoms with E-state index in [4.69, 9.17) is 16.6 Å². The predicted octanol–water partition coefficient (Wildman–Crippen LogP) is 8.57. The molecule has 4 aliphatic rings. The van der Waals surface area contributed by atoms with Crippen molar-refractivity contribution >= 4 is 40.4 Å². The molecular weight excluding hydrogens is 516 g/mol. The highest BCUT2D eigenvalue weighted by Gasteiger charge is 2.61. The average molecular weight is 559 g/mol. The van der Waals surface area contributed by atoms with Crippen LogP contribution in [0.15, 0.2) is 53.5 Å². The summed E-state index contributed by atoms with van der Waals surface area (Å²) in [5.41, 5.74) is 3.88. The average Bonchev–Trinajstić information content (AvgIpc) is 3.27. The Hall–Kier alpha value is -2.46. The van der Waals surface area contributed by atoms with Gasteiger partial charge in [0.25, 0.3) is 0 Å². The largest absolute Gasteiger partial charge is 0.299 e. The van der Waals surface area contributed by atoms with Crippen LogP contribution in [0.25, 0.3) is 0 Å². The van der Waals surface area contributed by atoms with Gasteiger partial charge in [0.15, 0.2) is 0 Å². The number of amides is 1. The van der Waals surface area contributed by atoms with Gasteiger partial charge in [-0.25, -0.2) is 0 Å². The first-order valence-corrected chi connectivity index (χ1v) is 15.6. The Bertz CT molecular complexity index is 1360. The van der Waals surface area contributed by atoms with Gasteiger partial charge in [-0.3, -0.25) is 19.5 Å². The van der Waals surface area contributed by atoms with Gasteiger partial charge < -0.3 is 0 Å². The van der Waals surface area contributed by atoms with Gasteiger partial charge in [0.1, 0.15) is 5.78 Å². The van der Waals surface area contributed by atoms with Crippen molar-refractivity contribution < 1.29 is 9.59 Å². The van der Waals surface area contributed by atoms with Gasteiger partial charge >= 0.3 is 0 Å². The van der Waals surface area contributed by atoms with Crippen LogP contribution in [0.5, 0.6) is 0 Å². The number of nitrogens with zero attached hydrogens (tertiary/aromatic N) is 2. The van der Waals surface area contributed by atoms with Gasteiger partial charge in [0.05, 0.1) is 10.7 Å². The van der Waals surface area contributed by atoms with E-state index in [1.165, 1.54) is 0 Å². The number of hydrogen-bond acceptors (Lipinski definition) is 3. The number of para-hydroxylation sites is 1. The number of benzene rings is 2. The molecule has 0 spiro atoms. The monoisotopic (exact) mass is 558 g/mol. The Balaban J connectivity index is 1.34. The summed E-state index contributed by atoms with van der Waals surface area (Å²) in [5.74, 6) is 1.95. The second-order valence-electron chi connectivity index (χ2n) is 14.4. The predicted molar refractivity (Wildman–Crippen MR) is 164 cm³/mol. The van der Waals surface area contributed by atoms with E-state index >= 15 is 0 Å². The van der Waals surface area contributed by atoms with Crippen LogP contribution in [0.4, 0.5) is 11.4 Å². The molecule has 1 aliphatic heterocycles. The van der Waals surface area contributed by atoms with Crippen LogP contribution < -0.4 is 4.90 Å². The van der Waals surface area contributed by atoms with E-state index in [0.717, 1.165) is 61.3 Å². The molecule has 40 heavy (non-hydrogen) atoms. The minimum Gasteiger partial charge on any atom is -0.299 e. The third-order valence-corrected chi connectivity index (χ3v) is 11.6. The van der Waals surface area contributed by atoms with E-state index in [1.807, 2.05) is 47.4 Å². The minimum absolute atomic E-state index is 0.0286. The van der Waals surface area contributed by atoms with E-state index in [-0.39, 0.29) is 28.1 Å². The lowest BCUT2D eigenvalue weighted by atomic mass is 9.49. The fraction of sp³-hybridized carbons (Fsp3) is 0.571. The summed E-state index contributed by atoms with van der Waals surface area (Å²) < 4.78 is 0. The van der Waals surface area contributed by atoms with Gasteiger partial charge in [0.2, 0.25) is 5.91 Å². The number of anilines is 2. The number of ketones is 1. The Morgan fingerprint density at radius 3 is 2.45 bits per heavy atom. The summed E-state index contributed by atoms with van der Waals surface area (Å²) >= 11 is 6.95. The van der Waals surface area contributed by atoms with E-state index in [2.05, 4.69) is 40.7 Å². The maximum absolute atomic E-state index is 14.7. The number of carbonyl (C=O) groups excluding carboxylic acids is 2. The van der Waals surface area contributed by atoms with E-state index in [0.29, 0.717) is 41.4 Å². The van der Waals surface area contributed by atoms with Crippen molar-refractivity contribution in [2.45, 2.75) is 85.0 Å². The lowest BCUT2D eigenvalue weighted by Gasteiger charge is -2.56. The lowest BCUT2D eigenvalue weighted by Crippen LogP contribution is -2.55. The van der Waals surface area contributed by atoms with Crippen LogP contribution in [-0.4, -0.2) is 23.9 Å². The quantitative estimate of drug-likeness (QED) is 0.379. The zero-order valence-corrected chi connectivity index (χ0v) is 25.4. The minimum atomic E-state index is -0.0724. The molecule has 6 atom stereocenters. The topological polar surface area (TPSA) is 49.7 Å². The molecule has 3 aliphatic carbocycles. The Morgan fingerprint density at radius 1 is 1.00 bits per heavy atom. The first kappa shape index (κ1) is 27.7. The van der Waals surface area contributed by atoms with Crippen molar-refractivity contribution in [1.29, 1.82) is 0 Å². The molecule has 0 N–H and O–H groups in total. The van der Waals surface area contributed by atoms with Gasteiger partial charge in [-0.2, -0.15) is 0 Å². The van der Waals surface area contributed by atoms with Crippen molar-refractivity contribution in [3.05, 3.63) is 59.1 Å². The second-order valence-corrected chi connectivity index (χ2v) is 14.8. The number of halogens is 1. The highest BCUT2D eigenvalue weighted by atomic mass is 35.5. The molecule has 2 aromatic rings. The molecule has 212 valence electrons. The standard InChI is InChI=1S/C35H43ClN2O2/c1-33(2,3)22-11-14-30(29(36)19-22)38(23-9-7-6-8-10-23)32(40)28-13-12-26-25-21-37-31-20-24(39)15-17-35(31,5)27(25)16-18-34(26,28)4/h6-11,14,19,25-28H,12-13,15-18,20-21H2,1-5H3/t25-,26-,27+,28?,34-,35+/m0/s1. The first-order valence-electron chi connectivity index (χ1n) is 15.2. The Morgan fingerprint density at radius 2 is 1.75 bits per heavy atom. The van der Waals surface area contributed by atoms with E-state index < -0.39 is 0 Å². The number of rotatable bonds is 3. The molecular formula is C35H43ClN2O2. The molecule has 0 radical (unpaired) electrons. The molecule has 1 heterocycles. The summed E-state index contributed by atoms with van der Waals surface area (Å²) in [7, 11) is 0. The number of hydrogen-bond donors (Lipinski definition) is 0. The fourth-order valence-electron chi connectivity index (χ4n) is 8.88. The maximum atomic E-state index is 14.7. The molecule has 0 aromatic heterocycles.